The predicted octanol–water partition coefficient (Wildman–Crippen LogP) is 6.64. The fourth-order valence-electron chi connectivity index (χ4n) is 3.60. The first-order valence-corrected chi connectivity index (χ1v) is 8.80. The van der Waals surface area contributed by atoms with Gasteiger partial charge in [0.2, 0.25) is 0 Å². The third-order valence-corrected chi connectivity index (χ3v) is 4.87. The number of H-pyrrole nitrogens is 2. The minimum atomic E-state index is 1.21. The van der Waals surface area contributed by atoms with Gasteiger partial charge in [-0.2, -0.15) is 0 Å². The van der Waals surface area contributed by atoms with E-state index in [-0.39, 0.29) is 0 Å². The first kappa shape index (κ1) is 14.8. The molecule has 0 radical (unpaired) electrons. The number of hydrogen-bond acceptors (Lipinski definition) is 0. The van der Waals surface area contributed by atoms with Crippen molar-refractivity contribution in [2.75, 3.05) is 0 Å². The summed E-state index contributed by atoms with van der Waals surface area (Å²) < 4.78 is 0. The van der Waals surface area contributed by atoms with Crippen LogP contribution in [0.1, 0.15) is 0 Å². The Labute approximate surface area is 151 Å². The molecule has 4 aromatic carbocycles. The fourth-order valence-corrected chi connectivity index (χ4v) is 3.60. The van der Waals surface area contributed by atoms with E-state index in [0.29, 0.717) is 0 Å². The molecule has 0 amide bonds. The monoisotopic (exact) mass is 334 g/mol. The van der Waals surface area contributed by atoms with Gasteiger partial charge < -0.3 is 9.97 Å². The number of aromatic amines is 2. The van der Waals surface area contributed by atoms with Crippen molar-refractivity contribution in [2.45, 2.75) is 0 Å². The van der Waals surface area contributed by atoms with Gasteiger partial charge in [-0.05, 0) is 23.6 Å². The van der Waals surface area contributed by atoms with Gasteiger partial charge in [0.05, 0.1) is 5.52 Å². The highest BCUT2D eigenvalue weighted by Crippen LogP contribution is 2.24. The van der Waals surface area contributed by atoms with Crippen LogP contribution < -0.4 is 0 Å². The maximum atomic E-state index is 3.38. The van der Waals surface area contributed by atoms with Crippen LogP contribution >= 0.6 is 0 Å². The molecule has 0 saturated carbocycles. The molecule has 0 spiro atoms. The molecule has 6 aromatic rings. The topological polar surface area (TPSA) is 31.6 Å². The fraction of sp³-hybridized carbons (Fsp3) is 0. The molecule has 26 heavy (non-hydrogen) atoms. The number of fused-ring (bicyclic) bond motifs is 6. The molecule has 0 atom stereocenters. The third-order valence-electron chi connectivity index (χ3n) is 4.87. The van der Waals surface area contributed by atoms with E-state index < -0.39 is 0 Å². The number of nitrogens with one attached hydrogen (secondary N) is 2. The SMILES string of the molecule is c1ccc2c(c1)[nH]c1ccccc12.c1ccc2c(c1)ccc1cc[nH]c12. The van der Waals surface area contributed by atoms with Crippen molar-refractivity contribution >= 4 is 43.5 Å². The Bertz CT molecular complexity index is 1280. The van der Waals surface area contributed by atoms with Crippen molar-refractivity contribution in [1.29, 1.82) is 0 Å². The Morgan fingerprint density at radius 1 is 0.462 bits per heavy atom. The van der Waals surface area contributed by atoms with Crippen molar-refractivity contribution in [2.24, 2.45) is 0 Å². The van der Waals surface area contributed by atoms with Crippen LogP contribution in [0.3, 0.4) is 0 Å². The van der Waals surface area contributed by atoms with Crippen LogP contribution in [-0.2, 0) is 0 Å². The van der Waals surface area contributed by atoms with E-state index in [1.54, 1.807) is 0 Å². The van der Waals surface area contributed by atoms with Gasteiger partial charge in [-0.15, -0.1) is 0 Å². The molecule has 0 aliphatic carbocycles. The zero-order chi connectivity index (χ0) is 17.3. The summed E-state index contributed by atoms with van der Waals surface area (Å²) in [5.41, 5.74) is 3.66. The maximum absolute atomic E-state index is 3.38. The van der Waals surface area contributed by atoms with Gasteiger partial charge >= 0.3 is 0 Å². The second-order valence-corrected chi connectivity index (χ2v) is 6.44. The zero-order valence-electron chi connectivity index (χ0n) is 14.2. The Kier molecular flexibility index (Phi) is 3.46. The van der Waals surface area contributed by atoms with Crippen molar-refractivity contribution < 1.29 is 0 Å². The van der Waals surface area contributed by atoms with E-state index in [2.05, 4.69) is 101 Å². The Hall–Kier alpha value is -3.52. The molecule has 0 saturated heterocycles. The number of para-hydroxylation sites is 2. The lowest BCUT2D eigenvalue weighted by Crippen LogP contribution is -1.73. The molecule has 0 unspecified atom stereocenters. The molecular formula is C24H18N2. The third kappa shape index (κ3) is 2.44. The van der Waals surface area contributed by atoms with Crippen LogP contribution in [0.2, 0.25) is 0 Å². The van der Waals surface area contributed by atoms with E-state index in [4.69, 9.17) is 0 Å². The zero-order valence-corrected chi connectivity index (χ0v) is 14.2. The molecule has 0 aliphatic heterocycles. The highest BCUT2D eigenvalue weighted by atomic mass is 14.7. The molecule has 0 bridgehead atoms. The Morgan fingerprint density at radius 2 is 1.04 bits per heavy atom. The summed E-state index contributed by atoms with van der Waals surface area (Å²) >= 11 is 0. The highest BCUT2D eigenvalue weighted by molar-refractivity contribution is 6.07. The summed E-state index contributed by atoms with van der Waals surface area (Å²) in [6.45, 7) is 0. The molecule has 6 rings (SSSR count). The molecular weight excluding hydrogens is 316 g/mol. The molecule has 2 N–H and O–H groups in total. The van der Waals surface area contributed by atoms with Gasteiger partial charge in [-0.25, -0.2) is 0 Å². The number of rotatable bonds is 0. The van der Waals surface area contributed by atoms with Crippen LogP contribution in [0.25, 0.3) is 43.5 Å². The minimum absolute atomic E-state index is 1.21. The Morgan fingerprint density at radius 3 is 1.77 bits per heavy atom. The Balaban J connectivity index is 0.000000115. The van der Waals surface area contributed by atoms with Gasteiger partial charge in [0.1, 0.15) is 0 Å². The molecule has 0 aliphatic rings. The molecule has 2 heterocycles. The molecule has 0 fully saturated rings. The van der Waals surface area contributed by atoms with Gasteiger partial charge in [0.15, 0.2) is 0 Å². The summed E-state index contributed by atoms with van der Waals surface area (Å²) in [7, 11) is 0. The average Bonchev–Trinajstić information content (AvgIpc) is 3.33. The second-order valence-electron chi connectivity index (χ2n) is 6.44. The summed E-state index contributed by atoms with van der Waals surface area (Å²) in [5.74, 6) is 0. The molecule has 2 aromatic heterocycles. The van der Waals surface area contributed by atoms with Crippen LogP contribution in [0.4, 0.5) is 0 Å². The predicted molar refractivity (Wildman–Crippen MR) is 112 cm³/mol. The van der Waals surface area contributed by atoms with E-state index >= 15 is 0 Å². The largest absolute Gasteiger partial charge is 0.361 e. The van der Waals surface area contributed by atoms with Crippen LogP contribution in [0.15, 0.2) is 97.2 Å². The number of aromatic nitrogens is 2. The first-order chi connectivity index (χ1) is 12.9. The molecule has 2 heteroatoms. The lowest BCUT2D eigenvalue weighted by molar-refractivity contribution is 1.49. The minimum Gasteiger partial charge on any atom is -0.361 e. The van der Waals surface area contributed by atoms with Crippen LogP contribution in [-0.4, -0.2) is 9.97 Å². The molecule has 2 nitrogen and oxygen atoms in total. The van der Waals surface area contributed by atoms with Crippen molar-refractivity contribution in [3.05, 3.63) is 97.2 Å². The smallest absolute Gasteiger partial charge is 0.0533 e. The summed E-state index contributed by atoms with van der Waals surface area (Å²) in [4.78, 5) is 6.64. The standard InChI is InChI=1S/2C12H9N/c1-3-7-11-9(5-1)10-6-2-4-8-12(10)13-11;1-2-4-11-9(3-1)5-6-10-7-8-13-12(10)11/h2*1-8,13H. The first-order valence-electron chi connectivity index (χ1n) is 8.80. The number of hydrogen-bond donors (Lipinski definition) is 2. The van der Waals surface area contributed by atoms with Gasteiger partial charge in [-0.3, -0.25) is 0 Å². The average molecular weight is 334 g/mol. The van der Waals surface area contributed by atoms with E-state index in [1.165, 1.54) is 43.5 Å². The van der Waals surface area contributed by atoms with E-state index in [9.17, 15) is 0 Å². The van der Waals surface area contributed by atoms with E-state index in [0.717, 1.165) is 0 Å². The normalized spacial score (nSPS) is 11.1. The van der Waals surface area contributed by atoms with Gasteiger partial charge in [-0.1, -0.05) is 72.8 Å². The molecule has 124 valence electrons. The summed E-state index contributed by atoms with van der Waals surface area (Å²) in [6.07, 6.45) is 1.98. The van der Waals surface area contributed by atoms with Gasteiger partial charge in [0.25, 0.3) is 0 Å². The van der Waals surface area contributed by atoms with Crippen molar-refractivity contribution in [3.8, 4) is 0 Å². The lowest BCUT2D eigenvalue weighted by atomic mass is 10.1. The highest BCUT2D eigenvalue weighted by Gasteiger charge is 2.00. The lowest BCUT2D eigenvalue weighted by Gasteiger charge is -1.97. The second kappa shape index (κ2) is 6.08. The van der Waals surface area contributed by atoms with Crippen molar-refractivity contribution in [1.82, 2.24) is 9.97 Å². The maximum Gasteiger partial charge on any atom is 0.0533 e. The van der Waals surface area contributed by atoms with Gasteiger partial charge in [0, 0.05) is 38.8 Å². The summed E-state index contributed by atoms with van der Waals surface area (Å²) in [6, 6.07) is 31.6. The summed E-state index contributed by atoms with van der Waals surface area (Å²) in [5, 5.41) is 6.47. The van der Waals surface area contributed by atoms with Crippen molar-refractivity contribution in [3.63, 3.8) is 0 Å². The van der Waals surface area contributed by atoms with E-state index in [1.807, 2.05) is 6.20 Å². The number of benzene rings is 4. The van der Waals surface area contributed by atoms with Crippen LogP contribution in [0.5, 0.6) is 0 Å². The quantitative estimate of drug-likeness (QED) is 0.312. The van der Waals surface area contributed by atoms with Crippen LogP contribution in [0, 0.1) is 0 Å².